The summed E-state index contributed by atoms with van der Waals surface area (Å²) in [5, 5.41) is 20.2. The zero-order valence-corrected chi connectivity index (χ0v) is 13.1. The number of hydrogen-bond acceptors (Lipinski definition) is 8. The molecule has 3 rings (SSSR count). The summed E-state index contributed by atoms with van der Waals surface area (Å²) in [4.78, 5) is 27.3. The number of aromatic nitrogens is 2. The van der Waals surface area contributed by atoms with Crippen molar-refractivity contribution in [2.45, 2.75) is 24.5 Å². The summed E-state index contributed by atoms with van der Waals surface area (Å²) < 4.78 is 11.6. The van der Waals surface area contributed by atoms with Gasteiger partial charge in [0.2, 0.25) is 0 Å². The Morgan fingerprint density at radius 2 is 1.96 bits per heavy atom. The van der Waals surface area contributed by atoms with Crippen LogP contribution in [0, 0.1) is 0 Å². The lowest BCUT2D eigenvalue weighted by molar-refractivity contribution is -0.0598. The molecule has 1 aromatic carbocycles. The molecule has 4 unspecified atom stereocenters. The number of nitrogen functional groups attached to an aromatic ring is 1. The first-order chi connectivity index (χ1) is 12.0. The number of hydrogen-bond donors (Lipinski definition) is 3. The number of benzene rings is 1. The topological polar surface area (TPSA) is 137 Å². The van der Waals surface area contributed by atoms with Gasteiger partial charge in [0.15, 0.2) is 6.23 Å². The fourth-order valence-corrected chi connectivity index (χ4v) is 2.53. The number of esters is 1. The maximum absolute atomic E-state index is 11.9. The summed E-state index contributed by atoms with van der Waals surface area (Å²) in [5.41, 5.74) is 5.05. The van der Waals surface area contributed by atoms with E-state index in [9.17, 15) is 19.8 Å². The number of carbonyl (C=O) groups excluding carboxylic acids is 1. The highest BCUT2D eigenvalue weighted by Crippen LogP contribution is 2.28. The normalized spacial score (nSPS) is 25.7. The average Bonchev–Trinajstić information content (AvgIpc) is 2.89. The highest BCUT2D eigenvalue weighted by molar-refractivity contribution is 5.89. The maximum Gasteiger partial charge on any atom is 0.351 e. The molecule has 1 aromatic heterocycles. The Bertz CT molecular complexity index is 809. The van der Waals surface area contributed by atoms with Crippen molar-refractivity contribution < 1.29 is 24.5 Å². The van der Waals surface area contributed by atoms with Crippen molar-refractivity contribution in [2.75, 3.05) is 12.3 Å². The molecular formula is C16H17N3O6. The highest BCUT2D eigenvalue weighted by atomic mass is 16.6. The summed E-state index contributed by atoms with van der Waals surface area (Å²) in [6, 6.07) is 9.69. The van der Waals surface area contributed by atoms with Crippen molar-refractivity contribution in [3.8, 4) is 0 Å². The van der Waals surface area contributed by atoms with Gasteiger partial charge in [-0.3, -0.25) is 4.57 Å². The molecule has 0 saturated carbocycles. The molecule has 1 saturated heterocycles. The SMILES string of the molecule is Nc1ccn(C2OC(COC(=O)c3ccccc3)C(O)C2O)c(=O)n1. The molecule has 9 nitrogen and oxygen atoms in total. The molecule has 9 heteroatoms. The first-order valence-corrected chi connectivity index (χ1v) is 7.56. The third-order valence-electron chi connectivity index (χ3n) is 3.85. The van der Waals surface area contributed by atoms with Gasteiger partial charge in [-0.05, 0) is 18.2 Å². The zero-order chi connectivity index (χ0) is 18.0. The first kappa shape index (κ1) is 17.1. The van der Waals surface area contributed by atoms with Gasteiger partial charge in [0.1, 0.15) is 30.7 Å². The molecule has 132 valence electrons. The molecule has 1 aliphatic heterocycles. The maximum atomic E-state index is 11.9. The van der Waals surface area contributed by atoms with Gasteiger partial charge in [0.25, 0.3) is 0 Å². The van der Waals surface area contributed by atoms with Crippen molar-refractivity contribution >= 4 is 11.8 Å². The predicted molar refractivity (Wildman–Crippen MR) is 85.6 cm³/mol. The third kappa shape index (κ3) is 3.53. The lowest BCUT2D eigenvalue weighted by Gasteiger charge is -2.16. The van der Waals surface area contributed by atoms with E-state index in [1.54, 1.807) is 30.3 Å². The summed E-state index contributed by atoms with van der Waals surface area (Å²) in [5.74, 6) is -0.553. The van der Waals surface area contributed by atoms with Gasteiger partial charge in [-0.2, -0.15) is 4.98 Å². The Kier molecular flexibility index (Phi) is 4.79. The lowest BCUT2D eigenvalue weighted by Crippen LogP contribution is -2.36. The van der Waals surface area contributed by atoms with E-state index in [2.05, 4.69) is 4.98 Å². The van der Waals surface area contributed by atoms with E-state index in [1.807, 2.05) is 0 Å². The Balaban J connectivity index is 1.68. The van der Waals surface area contributed by atoms with E-state index < -0.39 is 36.2 Å². The first-order valence-electron chi connectivity index (χ1n) is 7.56. The molecule has 1 fully saturated rings. The van der Waals surface area contributed by atoms with E-state index in [0.717, 1.165) is 4.57 Å². The van der Waals surface area contributed by atoms with Crippen LogP contribution in [-0.2, 0) is 9.47 Å². The van der Waals surface area contributed by atoms with Crippen molar-refractivity contribution in [1.29, 1.82) is 0 Å². The van der Waals surface area contributed by atoms with Crippen LogP contribution < -0.4 is 11.4 Å². The van der Waals surface area contributed by atoms with Gasteiger partial charge in [0.05, 0.1) is 5.56 Å². The molecule has 4 atom stereocenters. The largest absolute Gasteiger partial charge is 0.459 e. The fourth-order valence-electron chi connectivity index (χ4n) is 2.53. The second kappa shape index (κ2) is 7.01. The summed E-state index contributed by atoms with van der Waals surface area (Å²) in [7, 11) is 0. The van der Waals surface area contributed by atoms with Crippen molar-refractivity contribution in [3.05, 3.63) is 58.6 Å². The lowest BCUT2D eigenvalue weighted by atomic mass is 10.1. The fraction of sp³-hybridized carbons (Fsp3) is 0.312. The number of aliphatic hydroxyl groups excluding tert-OH is 2. The summed E-state index contributed by atoms with van der Waals surface area (Å²) in [6.07, 6.45) is -3.56. The quantitative estimate of drug-likeness (QED) is 0.618. The molecule has 4 N–H and O–H groups in total. The number of nitrogens with two attached hydrogens (primary N) is 1. The van der Waals surface area contributed by atoms with Gasteiger partial charge >= 0.3 is 11.7 Å². The number of anilines is 1. The van der Waals surface area contributed by atoms with Crippen LogP contribution in [0.3, 0.4) is 0 Å². The van der Waals surface area contributed by atoms with E-state index in [0.29, 0.717) is 5.56 Å². The Morgan fingerprint density at radius 3 is 2.64 bits per heavy atom. The van der Waals surface area contributed by atoms with Crippen LogP contribution >= 0.6 is 0 Å². The number of rotatable bonds is 4. The van der Waals surface area contributed by atoms with Crippen LogP contribution in [0.2, 0.25) is 0 Å². The Morgan fingerprint density at radius 1 is 1.24 bits per heavy atom. The van der Waals surface area contributed by atoms with Crippen LogP contribution in [0.5, 0.6) is 0 Å². The van der Waals surface area contributed by atoms with E-state index in [4.69, 9.17) is 15.2 Å². The van der Waals surface area contributed by atoms with Crippen LogP contribution in [0.25, 0.3) is 0 Å². The average molecular weight is 347 g/mol. The number of nitrogens with zero attached hydrogens (tertiary/aromatic N) is 2. The van der Waals surface area contributed by atoms with E-state index in [-0.39, 0.29) is 12.4 Å². The van der Waals surface area contributed by atoms with Gasteiger partial charge < -0.3 is 25.4 Å². The predicted octanol–water partition coefficient (Wildman–Crippen LogP) is -0.698. The standard InChI is InChI=1S/C16H17N3O6/c17-11-6-7-19(16(23)18-11)14-13(21)12(20)10(25-14)8-24-15(22)9-4-2-1-3-5-9/h1-7,10,12-14,20-21H,8H2,(H2,17,18,23). The zero-order valence-electron chi connectivity index (χ0n) is 13.1. The van der Waals surface area contributed by atoms with Crippen molar-refractivity contribution in [1.82, 2.24) is 9.55 Å². The second-order valence-electron chi connectivity index (χ2n) is 5.55. The molecular weight excluding hydrogens is 330 g/mol. The minimum atomic E-state index is -1.39. The molecule has 2 heterocycles. The molecule has 0 radical (unpaired) electrons. The Hall–Kier alpha value is -2.75. The monoisotopic (exact) mass is 347 g/mol. The third-order valence-corrected chi connectivity index (χ3v) is 3.85. The van der Waals surface area contributed by atoms with Crippen LogP contribution in [0.15, 0.2) is 47.4 Å². The van der Waals surface area contributed by atoms with E-state index >= 15 is 0 Å². The van der Waals surface area contributed by atoms with Crippen LogP contribution in [0.4, 0.5) is 5.82 Å². The molecule has 0 aliphatic carbocycles. The molecule has 2 aromatic rings. The van der Waals surface area contributed by atoms with Gasteiger partial charge in [-0.1, -0.05) is 18.2 Å². The van der Waals surface area contributed by atoms with Crippen molar-refractivity contribution in [3.63, 3.8) is 0 Å². The number of aliphatic hydroxyl groups is 2. The minimum Gasteiger partial charge on any atom is -0.459 e. The van der Waals surface area contributed by atoms with E-state index in [1.165, 1.54) is 12.3 Å². The van der Waals surface area contributed by atoms with Gasteiger partial charge in [-0.25, -0.2) is 9.59 Å². The Labute approximate surface area is 142 Å². The molecule has 0 spiro atoms. The minimum absolute atomic E-state index is 0.0302. The smallest absolute Gasteiger partial charge is 0.351 e. The molecule has 25 heavy (non-hydrogen) atoms. The highest BCUT2D eigenvalue weighted by Gasteiger charge is 2.44. The van der Waals surface area contributed by atoms with Gasteiger partial charge in [0, 0.05) is 6.20 Å². The number of carbonyl (C=O) groups is 1. The summed E-state index contributed by atoms with van der Waals surface area (Å²) in [6.45, 7) is -0.278. The summed E-state index contributed by atoms with van der Waals surface area (Å²) >= 11 is 0. The molecule has 1 aliphatic rings. The molecule has 0 bridgehead atoms. The van der Waals surface area contributed by atoms with Crippen LogP contribution in [0.1, 0.15) is 16.6 Å². The van der Waals surface area contributed by atoms with Crippen LogP contribution in [-0.4, -0.2) is 50.7 Å². The van der Waals surface area contributed by atoms with Gasteiger partial charge in [-0.15, -0.1) is 0 Å². The molecule has 0 amide bonds. The second-order valence-corrected chi connectivity index (χ2v) is 5.55. The number of ether oxygens (including phenoxy) is 2. The van der Waals surface area contributed by atoms with Crippen molar-refractivity contribution in [2.24, 2.45) is 0 Å².